The first-order valence-electron chi connectivity index (χ1n) is 4.46. The normalized spacial score (nSPS) is 30.3. The molecule has 0 aromatic rings. The summed E-state index contributed by atoms with van der Waals surface area (Å²) in [5.74, 6) is 0. The van der Waals surface area contributed by atoms with Crippen molar-refractivity contribution < 1.29 is 0 Å². The molecule has 1 unspecified atom stereocenters. The van der Waals surface area contributed by atoms with Gasteiger partial charge < -0.3 is 0 Å². The van der Waals surface area contributed by atoms with Crippen LogP contribution in [0.2, 0.25) is 0 Å². The van der Waals surface area contributed by atoms with Crippen LogP contribution < -0.4 is 0 Å². The van der Waals surface area contributed by atoms with E-state index in [4.69, 9.17) is 10.5 Å². The fraction of sp³-hybridized carbons (Fsp3) is 0.800. The molecule has 0 saturated heterocycles. The Kier molecular flexibility index (Phi) is 2.11. The fourth-order valence-corrected chi connectivity index (χ4v) is 1.78. The average Bonchev–Trinajstić information content (AvgIpc) is 2.70. The van der Waals surface area contributed by atoms with Gasteiger partial charge in [-0.2, -0.15) is 10.5 Å². The van der Waals surface area contributed by atoms with E-state index in [1.54, 1.807) is 0 Å². The van der Waals surface area contributed by atoms with Crippen molar-refractivity contribution >= 4 is 0 Å². The summed E-state index contributed by atoms with van der Waals surface area (Å²) < 4.78 is 0. The Balaban J connectivity index is 2.59. The third kappa shape index (κ3) is 1.08. The van der Waals surface area contributed by atoms with Crippen LogP contribution in [0.15, 0.2) is 0 Å². The van der Waals surface area contributed by atoms with Crippen LogP contribution in [0, 0.1) is 33.5 Å². The maximum atomic E-state index is 8.82. The fourth-order valence-electron chi connectivity index (χ4n) is 1.78. The van der Waals surface area contributed by atoms with Gasteiger partial charge in [-0.1, -0.05) is 26.7 Å². The third-order valence-electron chi connectivity index (χ3n) is 3.02. The summed E-state index contributed by atoms with van der Waals surface area (Å²) in [4.78, 5) is 0. The molecule has 1 aliphatic rings. The number of nitrogens with zero attached hydrogens (tertiary/aromatic N) is 2. The van der Waals surface area contributed by atoms with Crippen LogP contribution in [0.3, 0.4) is 0 Å². The Morgan fingerprint density at radius 1 is 1.33 bits per heavy atom. The average molecular weight is 162 g/mol. The van der Waals surface area contributed by atoms with Crippen molar-refractivity contribution in [2.24, 2.45) is 10.8 Å². The Labute approximate surface area is 73.8 Å². The molecule has 1 rings (SSSR count). The second-order valence-corrected chi connectivity index (χ2v) is 3.97. The molecule has 1 atom stereocenters. The number of rotatable bonds is 3. The molecule has 0 N–H and O–H groups in total. The summed E-state index contributed by atoms with van der Waals surface area (Å²) in [6.07, 6.45) is 4.06. The Morgan fingerprint density at radius 2 is 1.92 bits per heavy atom. The van der Waals surface area contributed by atoms with E-state index in [2.05, 4.69) is 26.0 Å². The molecule has 2 nitrogen and oxygen atoms in total. The van der Waals surface area contributed by atoms with Gasteiger partial charge in [0.15, 0.2) is 0 Å². The maximum absolute atomic E-state index is 8.82. The van der Waals surface area contributed by atoms with Crippen molar-refractivity contribution in [1.82, 2.24) is 0 Å². The molecule has 0 radical (unpaired) electrons. The highest BCUT2D eigenvalue weighted by Crippen LogP contribution is 2.65. The van der Waals surface area contributed by atoms with Crippen molar-refractivity contribution in [3.8, 4) is 12.1 Å². The minimum atomic E-state index is -0.651. The maximum Gasteiger partial charge on any atom is 0.149 e. The Hall–Kier alpha value is -1.02. The molecule has 0 aromatic heterocycles. The predicted octanol–water partition coefficient (Wildman–Crippen LogP) is 2.62. The van der Waals surface area contributed by atoms with Crippen molar-refractivity contribution in [2.75, 3.05) is 0 Å². The third-order valence-corrected chi connectivity index (χ3v) is 3.02. The van der Waals surface area contributed by atoms with Crippen molar-refractivity contribution in [3.05, 3.63) is 0 Å². The minimum Gasteiger partial charge on any atom is -0.197 e. The zero-order chi connectivity index (χ0) is 9.24. The first-order valence-corrected chi connectivity index (χ1v) is 4.46. The summed E-state index contributed by atoms with van der Waals surface area (Å²) in [6.45, 7) is 4.18. The molecule has 0 aromatic carbocycles. The largest absolute Gasteiger partial charge is 0.197 e. The predicted molar refractivity (Wildman–Crippen MR) is 45.9 cm³/mol. The molecule has 0 aliphatic heterocycles. The first kappa shape index (κ1) is 9.07. The number of nitriles is 2. The molecule has 2 heteroatoms. The van der Waals surface area contributed by atoms with Gasteiger partial charge in [0.1, 0.15) is 5.41 Å². The molecule has 0 amide bonds. The van der Waals surface area contributed by atoms with Crippen LogP contribution in [-0.2, 0) is 0 Å². The van der Waals surface area contributed by atoms with Gasteiger partial charge >= 0.3 is 0 Å². The number of unbranched alkanes of at least 4 members (excludes halogenated alkanes) is 1. The van der Waals surface area contributed by atoms with Crippen LogP contribution in [0.1, 0.15) is 39.5 Å². The lowest BCUT2D eigenvalue weighted by atomic mass is 9.92. The quantitative estimate of drug-likeness (QED) is 0.640. The van der Waals surface area contributed by atoms with E-state index >= 15 is 0 Å². The molecular formula is C10H14N2. The molecule has 1 aliphatic carbocycles. The van der Waals surface area contributed by atoms with E-state index in [0.29, 0.717) is 0 Å². The summed E-state index contributed by atoms with van der Waals surface area (Å²) in [5.41, 5.74) is -0.658. The summed E-state index contributed by atoms with van der Waals surface area (Å²) >= 11 is 0. The monoisotopic (exact) mass is 162 g/mol. The van der Waals surface area contributed by atoms with Crippen molar-refractivity contribution in [3.63, 3.8) is 0 Å². The van der Waals surface area contributed by atoms with Gasteiger partial charge in [0.2, 0.25) is 0 Å². The smallest absolute Gasteiger partial charge is 0.149 e. The topological polar surface area (TPSA) is 47.6 Å². The first-order chi connectivity index (χ1) is 5.64. The van der Waals surface area contributed by atoms with Gasteiger partial charge in [-0.3, -0.25) is 0 Å². The van der Waals surface area contributed by atoms with Gasteiger partial charge in [0.25, 0.3) is 0 Å². The van der Waals surface area contributed by atoms with E-state index < -0.39 is 5.41 Å². The van der Waals surface area contributed by atoms with Crippen LogP contribution in [0.4, 0.5) is 0 Å². The molecule has 64 valence electrons. The molecule has 0 heterocycles. The van der Waals surface area contributed by atoms with E-state index in [1.165, 1.54) is 0 Å². The van der Waals surface area contributed by atoms with E-state index in [-0.39, 0.29) is 5.41 Å². The second kappa shape index (κ2) is 2.79. The highest BCUT2D eigenvalue weighted by Gasteiger charge is 2.65. The lowest BCUT2D eigenvalue weighted by Crippen LogP contribution is -2.06. The SMILES string of the molecule is CCCCC1(C)CC1(C#N)C#N. The van der Waals surface area contributed by atoms with Crippen molar-refractivity contribution in [1.29, 1.82) is 10.5 Å². The number of hydrogen-bond acceptors (Lipinski definition) is 2. The van der Waals surface area contributed by atoms with Gasteiger partial charge in [-0.15, -0.1) is 0 Å². The lowest BCUT2D eigenvalue weighted by molar-refractivity contribution is 0.437. The van der Waals surface area contributed by atoms with E-state index in [1.807, 2.05) is 0 Å². The summed E-state index contributed by atoms with van der Waals surface area (Å²) in [7, 11) is 0. The van der Waals surface area contributed by atoms with Crippen LogP contribution in [0.25, 0.3) is 0 Å². The zero-order valence-electron chi connectivity index (χ0n) is 7.72. The number of hydrogen-bond donors (Lipinski definition) is 0. The van der Waals surface area contributed by atoms with Crippen LogP contribution in [0.5, 0.6) is 0 Å². The van der Waals surface area contributed by atoms with Gasteiger partial charge in [-0.25, -0.2) is 0 Å². The molecular weight excluding hydrogens is 148 g/mol. The molecule has 0 spiro atoms. The van der Waals surface area contributed by atoms with E-state index in [9.17, 15) is 0 Å². The summed E-state index contributed by atoms with van der Waals surface area (Å²) in [5, 5.41) is 17.6. The van der Waals surface area contributed by atoms with Gasteiger partial charge in [-0.05, 0) is 12.8 Å². The highest BCUT2D eigenvalue weighted by molar-refractivity contribution is 5.33. The van der Waals surface area contributed by atoms with Gasteiger partial charge in [0, 0.05) is 5.41 Å². The van der Waals surface area contributed by atoms with Gasteiger partial charge in [0.05, 0.1) is 12.1 Å². The molecule has 0 bridgehead atoms. The minimum absolute atomic E-state index is 0.00743. The Morgan fingerprint density at radius 3 is 2.25 bits per heavy atom. The van der Waals surface area contributed by atoms with E-state index in [0.717, 1.165) is 25.7 Å². The van der Waals surface area contributed by atoms with Crippen LogP contribution in [-0.4, -0.2) is 0 Å². The van der Waals surface area contributed by atoms with Crippen molar-refractivity contribution in [2.45, 2.75) is 39.5 Å². The Bertz CT molecular complexity index is 242. The summed E-state index contributed by atoms with van der Waals surface area (Å²) in [6, 6.07) is 4.28. The lowest BCUT2D eigenvalue weighted by Gasteiger charge is -2.09. The molecule has 12 heavy (non-hydrogen) atoms. The van der Waals surface area contributed by atoms with Crippen LogP contribution >= 0.6 is 0 Å². The molecule has 1 fully saturated rings. The molecule has 1 saturated carbocycles. The highest BCUT2D eigenvalue weighted by atomic mass is 14.7. The second-order valence-electron chi connectivity index (χ2n) is 3.97. The zero-order valence-corrected chi connectivity index (χ0v) is 7.72. The standard InChI is InChI=1S/C10H14N2/c1-3-4-5-9(2)6-10(9,7-11)8-12/h3-6H2,1-2H3.